The summed E-state index contributed by atoms with van der Waals surface area (Å²) in [5.41, 5.74) is 3.61. The van der Waals surface area contributed by atoms with Crippen molar-refractivity contribution in [2.75, 3.05) is 7.11 Å². The maximum Gasteiger partial charge on any atom is 0.354 e. The van der Waals surface area contributed by atoms with Crippen LogP contribution < -0.4 is 0 Å². The molecular weight excluding hydrogens is 404 g/mol. The van der Waals surface area contributed by atoms with E-state index >= 15 is 0 Å². The van der Waals surface area contributed by atoms with E-state index in [-0.39, 0.29) is 23.4 Å². The zero-order valence-corrected chi connectivity index (χ0v) is 20.4. The van der Waals surface area contributed by atoms with Crippen molar-refractivity contribution in [3.63, 3.8) is 0 Å². The molecule has 1 aromatic carbocycles. The molecule has 0 saturated heterocycles. The highest BCUT2D eigenvalue weighted by Gasteiger charge is 2.33. The van der Waals surface area contributed by atoms with Crippen LogP contribution in [-0.4, -0.2) is 46.7 Å². The quantitative estimate of drug-likeness (QED) is 0.310. The fourth-order valence-corrected chi connectivity index (χ4v) is 4.16. The minimum Gasteiger partial charge on any atom is -0.464 e. The summed E-state index contributed by atoms with van der Waals surface area (Å²) in [6.07, 6.45) is 4.50. The van der Waals surface area contributed by atoms with Crippen LogP contribution in [0.15, 0.2) is 24.3 Å². The maximum atomic E-state index is 13.4. The number of ether oxygens (including phenoxy) is 1. The number of rotatable bonds is 10. The third-order valence-electron chi connectivity index (χ3n) is 5.93. The van der Waals surface area contributed by atoms with E-state index in [0.717, 1.165) is 12.8 Å². The molecule has 2 rings (SSSR count). The number of nitrogens with one attached hydrogen (secondary N) is 1. The van der Waals surface area contributed by atoms with Gasteiger partial charge in [0.15, 0.2) is 5.78 Å². The highest BCUT2D eigenvalue weighted by Crippen LogP contribution is 2.24. The van der Waals surface area contributed by atoms with Gasteiger partial charge in [0, 0.05) is 22.9 Å². The highest BCUT2D eigenvalue weighted by atomic mass is 16.5. The number of hydrogen-bond acceptors (Lipinski definition) is 4. The molecule has 1 unspecified atom stereocenters. The van der Waals surface area contributed by atoms with Crippen LogP contribution in [0.4, 0.5) is 0 Å². The molecule has 1 amide bonds. The van der Waals surface area contributed by atoms with Gasteiger partial charge < -0.3 is 14.6 Å². The Bertz CT molecular complexity index is 957. The van der Waals surface area contributed by atoms with Gasteiger partial charge in [-0.25, -0.2) is 4.79 Å². The Kier molecular flexibility index (Phi) is 8.81. The largest absolute Gasteiger partial charge is 0.464 e. The summed E-state index contributed by atoms with van der Waals surface area (Å²) in [6.45, 7) is 11.2. The van der Waals surface area contributed by atoms with Crippen LogP contribution in [0.25, 0.3) is 0 Å². The lowest BCUT2D eigenvalue weighted by Crippen LogP contribution is -2.47. The SMILES string of the molecule is CCCCCc1ccc(C(=O)N(C(C)C)C(C)C(=O)c2c(C)[nH]c(C(=O)OC)c2C)cc1. The zero-order valence-electron chi connectivity index (χ0n) is 20.4. The number of aryl methyl sites for hydroxylation is 2. The Morgan fingerprint density at radius 3 is 2.19 bits per heavy atom. The first-order valence-corrected chi connectivity index (χ1v) is 11.4. The van der Waals surface area contributed by atoms with Crippen molar-refractivity contribution >= 4 is 17.7 Å². The third kappa shape index (κ3) is 5.47. The van der Waals surface area contributed by atoms with Crippen molar-refractivity contribution in [3.05, 3.63) is 57.9 Å². The summed E-state index contributed by atoms with van der Waals surface area (Å²) >= 11 is 0. The minimum atomic E-state index is -0.689. The van der Waals surface area contributed by atoms with Crippen LogP contribution in [-0.2, 0) is 11.2 Å². The lowest BCUT2D eigenvalue weighted by molar-refractivity contribution is 0.0565. The number of methoxy groups -OCH3 is 1. The van der Waals surface area contributed by atoms with Gasteiger partial charge in [-0.15, -0.1) is 0 Å². The number of carbonyl (C=O) groups is 3. The molecule has 0 spiro atoms. The predicted octanol–water partition coefficient (Wildman–Crippen LogP) is 5.27. The standard InChI is InChI=1S/C26H36N2O4/c1-8-9-10-11-20-12-14-21(15-13-20)25(30)28(16(2)3)19(6)24(29)22-17(4)23(26(31)32-7)27-18(22)5/h12-16,19,27H,8-11H2,1-7H3. The van der Waals surface area contributed by atoms with Gasteiger partial charge in [0.1, 0.15) is 5.69 Å². The van der Waals surface area contributed by atoms with Crippen molar-refractivity contribution in [1.29, 1.82) is 0 Å². The van der Waals surface area contributed by atoms with Gasteiger partial charge in [-0.05, 0) is 70.7 Å². The molecule has 2 aromatic rings. The molecule has 0 fully saturated rings. The molecule has 0 aliphatic carbocycles. The number of H-pyrrole nitrogens is 1. The Labute approximate surface area is 191 Å². The lowest BCUT2D eigenvalue weighted by atomic mass is 9.98. The van der Waals surface area contributed by atoms with Gasteiger partial charge in [-0.1, -0.05) is 31.9 Å². The predicted molar refractivity (Wildman–Crippen MR) is 126 cm³/mol. The summed E-state index contributed by atoms with van der Waals surface area (Å²) in [7, 11) is 1.30. The zero-order chi connectivity index (χ0) is 24.0. The van der Waals surface area contributed by atoms with Crippen molar-refractivity contribution in [2.24, 2.45) is 0 Å². The Morgan fingerprint density at radius 1 is 1.03 bits per heavy atom. The van der Waals surface area contributed by atoms with Crippen LogP contribution in [0.5, 0.6) is 0 Å². The Morgan fingerprint density at radius 2 is 1.66 bits per heavy atom. The molecule has 0 aliphatic rings. The summed E-state index contributed by atoms with van der Waals surface area (Å²) < 4.78 is 4.80. The molecule has 0 radical (unpaired) electrons. The molecule has 1 atom stereocenters. The molecular formula is C26H36N2O4. The summed E-state index contributed by atoms with van der Waals surface area (Å²) in [6, 6.07) is 6.82. The van der Waals surface area contributed by atoms with Gasteiger partial charge in [-0.2, -0.15) is 0 Å². The number of aromatic amines is 1. The second-order valence-electron chi connectivity index (χ2n) is 8.62. The molecule has 6 nitrogen and oxygen atoms in total. The van der Waals surface area contributed by atoms with Gasteiger partial charge >= 0.3 is 5.97 Å². The van der Waals surface area contributed by atoms with Crippen LogP contribution in [0.1, 0.15) is 95.0 Å². The molecule has 1 heterocycles. The Balaban J connectivity index is 2.28. The van der Waals surface area contributed by atoms with E-state index in [9.17, 15) is 14.4 Å². The number of Topliss-reactive ketones (excluding diaryl/α,β-unsaturated/α-hetero) is 1. The van der Waals surface area contributed by atoms with Gasteiger partial charge in [-0.3, -0.25) is 9.59 Å². The van der Waals surface area contributed by atoms with E-state index in [0.29, 0.717) is 22.4 Å². The number of nitrogens with zero attached hydrogens (tertiary/aromatic N) is 1. The first-order chi connectivity index (χ1) is 15.1. The number of aromatic nitrogens is 1. The smallest absolute Gasteiger partial charge is 0.354 e. The van der Waals surface area contributed by atoms with Gasteiger partial charge in [0.05, 0.1) is 13.2 Å². The fourth-order valence-electron chi connectivity index (χ4n) is 4.16. The lowest BCUT2D eigenvalue weighted by Gasteiger charge is -2.32. The van der Waals surface area contributed by atoms with Crippen LogP contribution >= 0.6 is 0 Å². The molecule has 1 N–H and O–H groups in total. The molecule has 32 heavy (non-hydrogen) atoms. The van der Waals surface area contributed by atoms with Crippen LogP contribution in [0.2, 0.25) is 0 Å². The van der Waals surface area contributed by atoms with Crippen molar-refractivity contribution < 1.29 is 19.1 Å². The van der Waals surface area contributed by atoms with Crippen molar-refractivity contribution in [3.8, 4) is 0 Å². The first kappa shape index (κ1) is 25.4. The Hall–Kier alpha value is -2.89. The van der Waals surface area contributed by atoms with Crippen LogP contribution in [0.3, 0.4) is 0 Å². The number of carbonyl (C=O) groups excluding carboxylic acids is 3. The second-order valence-corrected chi connectivity index (χ2v) is 8.62. The topological polar surface area (TPSA) is 79.5 Å². The summed E-state index contributed by atoms with van der Waals surface area (Å²) in [5.74, 6) is -0.905. The van der Waals surface area contributed by atoms with Gasteiger partial charge in [0.25, 0.3) is 5.91 Å². The number of benzene rings is 1. The molecule has 0 bridgehead atoms. The van der Waals surface area contributed by atoms with E-state index in [4.69, 9.17) is 4.74 Å². The van der Waals surface area contributed by atoms with E-state index in [2.05, 4.69) is 11.9 Å². The average molecular weight is 441 g/mol. The van der Waals surface area contributed by atoms with Crippen LogP contribution in [0, 0.1) is 13.8 Å². The normalized spacial score (nSPS) is 12.0. The molecule has 1 aromatic heterocycles. The maximum absolute atomic E-state index is 13.4. The monoisotopic (exact) mass is 440 g/mol. The molecule has 174 valence electrons. The fraction of sp³-hybridized carbons (Fsp3) is 0.500. The molecule has 0 saturated carbocycles. The van der Waals surface area contributed by atoms with Crippen molar-refractivity contribution in [2.45, 2.75) is 79.3 Å². The third-order valence-corrected chi connectivity index (χ3v) is 5.93. The summed E-state index contributed by atoms with van der Waals surface area (Å²) in [4.78, 5) is 43.4. The number of unbranched alkanes of at least 4 members (excludes halogenated alkanes) is 2. The van der Waals surface area contributed by atoms with Gasteiger partial charge in [0.2, 0.25) is 0 Å². The number of hydrogen-bond donors (Lipinski definition) is 1. The van der Waals surface area contributed by atoms with E-state index in [1.165, 1.54) is 25.5 Å². The highest BCUT2D eigenvalue weighted by molar-refractivity contribution is 6.07. The second kappa shape index (κ2) is 11.1. The molecule has 0 aliphatic heterocycles. The molecule has 6 heteroatoms. The minimum absolute atomic E-state index is 0.176. The van der Waals surface area contributed by atoms with E-state index < -0.39 is 12.0 Å². The average Bonchev–Trinajstić information content (AvgIpc) is 3.06. The summed E-state index contributed by atoms with van der Waals surface area (Å²) in [5, 5.41) is 0. The number of amides is 1. The van der Waals surface area contributed by atoms with E-state index in [1.54, 1.807) is 25.7 Å². The number of esters is 1. The number of ketones is 1. The van der Waals surface area contributed by atoms with E-state index in [1.807, 2.05) is 38.1 Å². The van der Waals surface area contributed by atoms with Crippen molar-refractivity contribution in [1.82, 2.24) is 9.88 Å². The first-order valence-electron chi connectivity index (χ1n) is 11.4.